The van der Waals surface area contributed by atoms with E-state index < -0.39 is 5.41 Å². The molecule has 0 saturated carbocycles. The van der Waals surface area contributed by atoms with E-state index in [0.29, 0.717) is 0 Å². The summed E-state index contributed by atoms with van der Waals surface area (Å²) in [7, 11) is 0. The second-order valence-corrected chi connectivity index (χ2v) is 13.0. The number of rotatable bonds is 5. The summed E-state index contributed by atoms with van der Waals surface area (Å²) < 4.78 is 2.37. The van der Waals surface area contributed by atoms with Gasteiger partial charge in [0.2, 0.25) is 0 Å². The number of nitrogens with zero attached hydrogens (tertiary/aromatic N) is 3. The van der Waals surface area contributed by atoms with Crippen molar-refractivity contribution in [1.29, 1.82) is 0 Å². The minimum absolute atomic E-state index is 0.438. The van der Waals surface area contributed by atoms with E-state index in [1.54, 1.807) is 0 Å². The Morgan fingerprint density at radius 2 is 1.14 bits per heavy atom. The molecule has 0 radical (unpaired) electrons. The van der Waals surface area contributed by atoms with Crippen LogP contribution in [0.25, 0.3) is 39.0 Å². The average molecular weight is 628 g/mol. The largest absolute Gasteiger partial charge is 0.306 e. The highest BCUT2D eigenvalue weighted by Crippen LogP contribution is 2.57. The molecule has 49 heavy (non-hydrogen) atoms. The SMILES string of the molecule is CCc1nc2cccc3c2n1-c1ccc(-c2ccc4c(c2)C(c2ccccc2)(c2ccccc2)c2ccccc2-4)cc1N3c1ccccc1. The number of benzene rings is 7. The molecule has 0 unspecified atom stereocenters. The molecular weight excluding hydrogens is 595 g/mol. The zero-order valence-corrected chi connectivity index (χ0v) is 27.2. The van der Waals surface area contributed by atoms with E-state index in [0.717, 1.165) is 46.0 Å². The molecule has 0 saturated heterocycles. The second kappa shape index (κ2) is 10.7. The first-order valence-electron chi connectivity index (χ1n) is 17.1. The fourth-order valence-corrected chi connectivity index (χ4v) is 8.51. The maximum Gasteiger partial charge on any atom is 0.114 e. The molecule has 2 aliphatic rings. The van der Waals surface area contributed by atoms with Crippen molar-refractivity contribution in [2.24, 2.45) is 0 Å². The number of para-hydroxylation sites is 2. The van der Waals surface area contributed by atoms with Crippen LogP contribution < -0.4 is 4.90 Å². The Morgan fingerprint density at radius 3 is 1.88 bits per heavy atom. The Hall–Kier alpha value is -6.19. The zero-order chi connectivity index (χ0) is 32.5. The van der Waals surface area contributed by atoms with Gasteiger partial charge in [-0.15, -0.1) is 0 Å². The molecule has 3 nitrogen and oxygen atoms in total. The molecule has 3 heteroatoms. The minimum atomic E-state index is -0.438. The van der Waals surface area contributed by atoms with Crippen LogP contribution in [0.15, 0.2) is 170 Å². The number of hydrogen-bond acceptors (Lipinski definition) is 2. The van der Waals surface area contributed by atoms with Gasteiger partial charge in [0.1, 0.15) is 5.82 Å². The zero-order valence-electron chi connectivity index (χ0n) is 27.2. The van der Waals surface area contributed by atoms with Gasteiger partial charge < -0.3 is 4.90 Å². The van der Waals surface area contributed by atoms with Gasteiger partial charge in [-0.05, 0) is 87.0 Å². The van der Waals surface area contributed by atoms with E-state index in [1.165, 1.54) is 44.5 Å². The van der Waals surface area contributed by atoms with Gasteiger partial charge in [-0.25, -0.2) is 4.98 Å². The van der Waals surface area contributed by atoms with Crippen LogP contribution in [-0.4, -0.2) is 9.55 Å². The molecule has 0 bridgehead atoms. The lowest BCUT2D eigenvalue weighted by Crippen LogP contribution is -2.28. The van der Waals surface area contributed by atoms with Gasteiger partial charge in [0.15, 0.2) is 0 Å². The monoisotopic (exact) mass is 627 g/mol. The number of hydrogen-bond donors (Lipinski definition) is 0. The highest BCUT2D eigenvalue weighted by Gasteiger charge is 2.46. The number of aryl methyl sites for hydroxylation is 1. The molecule has 0 spiro atoms. The van der Waals surface area contributed by atoms with Gasteiger partial charge >= 0.3 is 0 Å². The second-order valence-electron chi connectivity index (χ2n) is 13.0. The van der Waals surface area contributed by atoms with Crippen LogP contribution in [0.3, 0.4) is 0 Å². The van der Waals surface area contributed by atoms with Gasteiger partial charge in [-0.1, -0.05) is 134 Å². The topological polar surface area (TPSA) is 21.1 Å². The Morgan fingerprint density at radius 1 is 0.510 bits per heavy atom. The molecular formula is C46H33N3. The molecule has 0 atom stereocenters. The van der Waals surface area contributed by atoms with Crippen molar-refractivity contribution in [2.45, 2.75) is 18.8 Å². The molecule has 232 valence electrons. The van der Waals surface area contributed by atoms with Gasteiger partial charge in [0, 0.05) is 12.1 Å². The van der Waals surface area contributed by atoms with Crippen molar-refractivity contribution >= 4 is 28.1 Å². The Labute approximate surface area is 286 Å². The highest BCUT2D eigenvalue weighted by molar-refractivity contribution is 6.02. The highest BCUT2D eigenvalue weighted by atomic mass is 15.2. The fourth-order valence-electron chi connectivity index (χ4n) is 8.51. The van der Waals surface area contributed by atoms with Gasteiger partial charge in [0.25, 0.3) is 0 Å². The molecule has 0 N–H and O–H groups in total. The number of anilines is 3. The summed E-state index contributed by atoms with van der Waals surface area (Å²) in [5.41, 5.74) is 16.5. The van der Waals surface area contributed by atoms with Crippen molar-refractivity contribution in [3.8, 4) is 27.9 Å². The van der Waals surface area contributed by atoms with Gasteiger partial charge in [0.05, 0.1) is 33.5 Å². The molecule has 7 aromatic carbocycles. The molecule has 2 heterocycles. The summed E-state index contributed by atoms with van der Waals surface area (Å²) in [5.74, 6) is 1.08. The van der Waals surface area contributed by atoms with Crippen LogP contribution in [-0.2, 0) is 11.8 Å². The lowest BCUT2D eigenvalue weighted by molar-refractivity contribution is 0.769. The number of imidazole rings is 1. The van der Waals surface area contributed by atoms with Crippen LogP contribution in [0.1, 0.15) is 35.0 Å². The standard InChI is InChI=1S/C46H33N3/c1-2-44-47-40-23-14-24-42-45(40)49(44)41-28-26-32(30-43(41)48(42)35-19-10-5-11-20-35)31-25-27-37-36-21-12-13-22-38(36)46(39(37)29-31,33-15-6-3-7-16-33)34-17-8-4-9-18-34/h3-30H,2H2,1H3. The van der Waals surface area contributed by atoms with E-state index in [9.17, 15) is 0 Å². The average Bonchev–Trinajstić information content (AvgIpc) is 3.70. The van der Waals surface area contributed by atoms with Crippen molar-refractivity contribution in [3.05, 3.63) is 198 Å². The quantitative estimate of drug-likeness (QED) is 0.189. The predicted octanol–water partition coefficient (Wildman–Crippen LogP) is 11.4. The van der Waals surface area contributed by atoms with Crippen molar-refractivity contribution < 1.29 is 0 Å². The van der Waals surface area contributed by atoms with Crippen molar-refractivity contribution in [3.63, 3.8) is 0 Å². The Balaban J connectivity index is 1.23. The third-order valence-electron chi connectivity index (χ3n) is 10.5. The Bertz CT molecular complexity index is 2490. The lowest BCUT2D eigenvalue weighted by atomic mass is 9.67. The minimum Gasteiger partial charge on any atom is -0.306 e. The first kappa shape index (κ1) is 27.9. The van der Waals surface area contributed by atoms with Gasteiger partial charge in [-0.3, -0.25) is 4.57 Å². The van der Waals surface area contributed by atoms with Crippen LogP contribution in [0, 0.1) is 0 Å². The first-order chi connectivity index (χ1) is 24.3. The molecule has 1 aliphatic heterocycles. The normalized spacial score (nSPS) is 13.6. The van der Waals surface area contributed by atoms with E-state index in [2.05, 4.69) is 186 Å². The smallest absolute Gasteiger partial charge is 0.114 e. The molecule has 0 fully saturated rings. The third-order valence-corrected chi connectivity index (χ3v) is 10.5. The van der Waals surface area contributed by atoms with Gasteiger partial charge in [-0.2, -0.15) is 0 Å². The molecule has 10 rings (SSSR count). The van der Waals surface area contributed by atoms with E-state index in [4.69, 9.17) is 4.98 Å². The van der Waals surface area contributed by atoms with Crippen molar-refractivity contribution in [2.75, 3.05) is 4.90 Å². The van der Waals surface area contributed by atoms with Crippen molar-refractivity contribution in [1.82, 2.24) is 9.55 Å². The predicted molar refractivity (Wildman–Crippen MR) is 201 cm³/mol. The first-order valence-corrected chi connectivity index (χ1v) is 17.1. The summed E-state index contributed by atoms with van der Waals surface area (Å²) in [5, 5.41) is 0. The number of aromatic nitrogens is 2. The summed E-state index contributed by atoms with van der Waals surface area (Å²) in [6, 6.07) is 62.3. The summed E-state index contributed by atoms with van der Waals surface area (Å²) in [4.78, 5) is 7.49. The molecule has 0 amide bonds. The third kappa shape index (κ3) is 3.87. The van der Waals surface area contributed by atoms with E-state index in [-0.39, 0.29) is 0 Å². The van der Waals surface area contributed by atoms with E-state index >= 15 is 0 Å². The van der Waals surface area contributed by atoms with Crippen LogP contribution >= 0.6 is 0 Å². The summed E-state index contributed by atoms with van der Waals surface area (Å²) in [6.07, 6.45) is 0.854. The van der Waals surface area contributed by atoms with E-state index in [1.807, 2.05) is 0 Å². The fraction of sp³-hybridized carbons (Fsp3) is 0.0652. The molecule has 8 aromatic rings. The van der Waals surface area contributed by atoms with Crippen LogP contribution in [0.2, 0.25) is 0 Å². The summed E-state index contributed by atoms with van der Waals surface area (Å²) in [6.45, 7) is 2.19. The van der Waals surface area contributed by atoms with Crippen LogP contribution in [0.4, 0.5) is 17.1 Å². The molecule has 1 aromatic heterocycles. The Kier molecular flexibility index (Phi) is 6.07. The number of fused-ring (bicyclic) bond motifs is 5. The lowest BCUT2D eigenvalue weighted by Gasteiger charge is -2.34. The maximum atomic E-state index is 5.08. The summed E-state index contributed by atoms with van der Waals surface area (Å²) >= 11 is 0. The maximum absolute atomic E-state index is 5.08. The van der Waals surface area contributed by atoms with Crippen LogP contribution in [0.5, 0.6) is 0 Å². The molecule has 1 aliphatic carbocycles.